The van der Waals surface area contributed by atoms with Crippen LogP contribution >= 0.6 is 0 Å². The first-order valence-corrected chi connectivity index (χ1v) is 8.51. The van der Waals surface area contributed by atoms with Gasteiger partial charge in [-0.25, -0.2) is 0 Å². The molecule has 4 nitrogen and oxygen atoms in total. The molecule has 0 aromatic heterocycles. The summed E-state index contributed by atoms with van der Waals surface area (Å²) in [5, 5.41) is 5.79. The van der Waals surface area contributed by atoms with E-state index >= 15 is 0 Å². The van der Waals surface area contributed by atoms with Crippen LogP contribution in [-0.2, 0) is 16.0 Å². The lowest BCUT2D eigenvalue weighted by atomic mass is 10.0. The topological polar surface area (TPSA) is 58.2 Å². The molecule has 0 aliphatic carbocycles. The van der Waals surface area contributed by atoms with Gasteiger partial charge >= 0.3 is 0 Å². The SMILES string of the molecule is CC(C)CC(=O)NC(C(=O)NCCCc1ccccc1)C(C)C. The minimum Gasteiger partial charge on any atom is -0.354 e. The summed E-state index contributed by atoms with van der Waals surface area (Å²) in [7, 11) is 0. The van der Waals surface area contributed by atoms with E-state index in [0.29, 0.717) is 13.0 Å². The van der Waals surface area contributed by atoms with Crippen molar-refractivity contribution >= 4 is 11.8 Å². The molecule has 0 radical (unpaired) electrons. The van der Waals surface area contributed by atoms with Crippen LogP contribution in [-0.4, -0.2) is 24.4 Å². The van der Waals surface area contributed by atoms with Gasteiger partial charge in [0.2, 0.25) is 11.8 Å². The van der Waals surface area contributed by atoms with E-state index in [1.807, 2.05) is 45.9 Å². The van der Waals surface area contributed by atoms with Crippen molar-refractivity contribution in [3.63, 3.8) is 0 Å². The summed E-state index contributed by atoms with van der Waals surface area (Å²) in [5.41, 5.74) is 1.27. The highest BCUT2D eigenvalue weighted by Gasteiger charge is 2.23. The molecule has 0 aliphatic heterocycles. The minimum absolute atomic E-state index is 0.0573. The molecular weight excluding hydrogens is 288 g/mol. The van der Waals surface area contributed by atoms with Crippen LogP contribution in [0.5, 0.6) is 0 Å². The lowest BCUT2D eigenvalue weighted by Gasteiger charge is -2.22. The van der Waals surface area contributed by atoms with E-state index in [2.05, 4.69) is 22.8 Å². The van der Waals surface area contributed by atoms with Crippen LogP contribution < -0.4 is 10.6 Å². The summed E-state index contributed by atoms with van der Waals surface area (Å²) in [6.45, 7) is 8.51. The van der Waals surface area contributed by atoms with Crippen LogP contribution in [0.15, 0.2) is 30.3 Å². The van der Waals surface area contributed by atoms with Crippen molar-refractivity contribution in [3.05, 3.63) is 35.9 Å². The van der Waals surface area contributed by atoms with Crippen LogP contribution in [0.25, 0.3) is 0 Å². The number of carbonyl (C=O) groups excluding carboxylic acids is 2. The van der Waals surface area contributed by atoms with E-state index in [1.165, 1.54) is 5.56 Å². The molecule has 1 aromatic rings. The van der Waals surface area contributed by atoms with Gasteiger partial charge in [-0.15, -0.1) is 0 Å². The summed E-state index contributed by atoms with van der Waals surface area (Å²) in [4.78, 5) is 24.2. The Hall–Kier alpha value is -1.84. The Bertz CT molecular complexity index is 483. The Balaban J connectivity index is 2.38. The average Bonchev–Trinajstić information content (AvgIpc) is 2.49. The Morgan fingerprint density at radius 2 is 1.70 bits per heavy atom. The van der Waals surface area contributed by atoms with E-state index in [0.717, 1.165) is 12.8 Å². The third-order valence-electron chi connectivity index (χ3n) is 3.64. The molecule has 0 bridgehead atoms. The van der Waals surface area contributed by atoms with Crippen molar-refractivity contribution < 1.29 is 9.59 Å². The number of benzene rings is 1. The predicted octanol–water partition coefficient (Wildman–Crippen LogP) is 2.92. The van der Waals surface area contributed by atoms with Gasteiger partial charge in [0.25, 0.3) is 0 Å². The molecule has 0 spiro atoms. The van der Waals surface area contributed by atoms with Gasteiger partial charge in [0, 0.05) is 13.0 Å². The molecule has 128 valence electrons. The maximum atomic E-state index is 12.3. The first-order chi connectivity index (χ1) is 10.9. The third-order valence-corrected chi connectivity index (χ3v) is 3.64. The fourth-order valence-electron chi connectivity index (χ4n) is 2.40. The zero-order chi connectivity index (χ0) is 17.2. The van der Waals surface area contributed by atoms with E-state index < -0.39 is 6.04 Å². The molecule has 0 fully saturated rings. The van der Waals surface area contributed by atoms with E-state index in [4.69, 9.17) is 0 Å². The fraction of sp³-hybridized carbons (Fsp3) is 0.579. The summed E-state index contributed by atoms with van der Waals surface area (Å²) in [6, 6.07) is 9.76. The number of nitrogens with one attached hydrogen (secondary N) is 2. The standard InChI is InChI=1S/C19H30N2O2/c1-14(2)13-17(22)21-18(15(3)4)19(23)20-12-8-11-16-9-6-5-7-10-16/h5-7,9-10,14-15,18H,8,11-13H2,1-4H3,(H,20,23)(H,21,22). The van der Waals surface area contributed by atoms with Gasteiger partial charge in [0.15, 0.2) is 0 Å². The van der Waals surface area contributed by atoms with Crippen molar-refractivity contribution in [3.8, 4) is 0 Å². The smallest absolute Gasteiger partial charge is 0.242 e. The van der Waals surface area contributed by atoms with Crippen molar-refractivity contribution in [2.45, 2.75) is 53.0 Å². The van der Waals surface area contributed by atoms with Crippen LogP contribution in [0, 0.1) is 11.8 Å². The number of rotatable bonds is 9. The summed E-state index contributed by atoms with van der Waals surface area (Å²) < 4.78 is 0. The molecule has 2 N–H and O–H groups in total. The minimum atomic E-state index is -0.460. The maximum Gasteiger partial charge on any atom is 0.242 e. The molecule has 1 unspecified atom stereocenters. The molecule has 2 amide bonds. The Morgan fingerprint density at radius 1 is 1.04 bits per heavy atom. The molecule has 1 aromatic carbocycles. The number of hydrogen-bond acceptors (Lipinski definition) is 2. The highest BCUT2D eigenvalue weighted by atomic mass is 16.2. The van der Waals surface area contributed by atoms with Crippen LogP contribution in [0.3, 0.4) is 0 Å². The van der Waals surface area contributed by atoms with Crippen LogP contribution in [0.1, 0.15) is 46.1 Å². The largest absolute Gasteiger partial charge is 0.354 e. The van der Waals surface area contributed by atoms with Crippen molar-refractivity contribution in [2.24, 2.45) is 11.8 Å². The quantitative estimate of drug-likeness (QED) is 0.688. The maximum absolute atomic E-state index is 12.3. The normalized spacial score (nSPS) is 12.3. The molecule has 23 heavy (non-hydrogen) atoms. The molecule has 0 saturated carbocycles. The lowest BCUT2D eigenvalue weighted by Crippen LogP contribution is -2.50. The van der Waals surface area contributed by atoms with Crippen molar-refractivity contribution in [1.82, 2.24) is 10.6 Å². The van der Waals surface area contributed by atoms with Gasteiger partial charge < -0.3 is 10.6 Å². The molecule has 4 heteroatoms. The summed E-state index contributed by atoms with van der Waals surface area (Å²) >= 11 is 0. The van der Waals surface area contributed by atoms with Crippen LogP contribution in [0.4, 0.5) is 0 Å². The first-order valence-electron chi connectivity index (χ1n) is 8.51. The first kappa shape index (κ1) is 19.2. The Kier molecular flexibility index (Phi) is 8.38. The number of hydrogen-bond donors (Lipinski definition) is 2. The Morgan fingerprint density at radius 3 is 2.26 bits per heavy atom. The predicted molar refractivity (Wildman–Crippen MR) is 94.0 cm³/mol. The molecule has 0 heterocycles. The van der Waals surface area contributed by atoms with E-state index in [1.54, 1.807) is 0 Å². The van der Waals surface area contributed by atoms with Gasteiger partial charge in [0.1, 0.15) is 6.04 Å². The van der Waals surface area contributed by atoms with Gasteiger partial charge in [-0.1, -0.05) is 58.0 Å². The zero-order valence-electron chi connectivity index (χ0n) is 14.8. The van der Waals surface area contributed by atoms with E-state index in [-0.39, 0.29) is 23.7 Å². The highest BCUT2D eigenvalue weighted by molar-refractivity contribution is 5.87. The third kappa shape index (κ3) is 7.82. The second-order valence-electron chi connectivity index (χ2n) is 6.77. The lowest BCUT2D eigenvalue weighted by molar-refractivity contribution is -0.130. The second kappa shape index (κ2) is 10.0. The monoisotopic (exact) mass is 318 g/mol. The average molecular weight is 318 g/mol. The Labute approximate surface area is 140 Å². The van der Waals surface area contributed by atoms with Gasteiger partial charge in [-0.05, 0) is 30.2 Å². The van der Waals surface area contributed by atoms with Crippen molar-refractivity contribution in [1.29, 1.82) is 0 Å². The van der Waals surface area contributed by atoms with Crippen molar-refractivity contribution in [2.75, 3.05) is 6.54 Å². The van der Waals surface area contributed by atoms with Gasteiger partial charge in [0.05, 0.1) is 0 Å². The molecule has 1 atom stereocenters. The summed E-state index contributed by atoms with van der Waals surface area (Å²) in [5.74, 6) is 0.209. The number of amides is 2. The number of aryl methyl sites for hydroxylation is 1. The molecule has 0 saturated heterocycles. The second-order valence-corrected chi connectivity index (χ2v) is 6.77. The number of carbonyl (C=O) groups is 2. The van der Waals surface area contributed by atoms with E-state index in [9.17, 15) is 9.59 Å². The zero-order valence-corrected chi connectivity index (χ0v) is 14.8. The van der Waals surface area contributed by atoms with Gasteiger partial charge in [-0.2, -0.15) is 0 Å². The highest BCUT2D eigenvalue weighted by Crippen LogP contribution is 2.06. The fourth-order valence-corrected chi connectivity index (χ4v) is 2.40. The van der Waals surface area contributed by atoms with Gasteiger partial charge in [-0.3, -0.25) is 9.59 Å². The molecule has 0 aliphatic rings. The summed E-state index contributed by atoms with van der Waals surface area (Å²) in [6.07, 6.45) is 2.28. The van der Waals surface area contributed by atoms with Crippen LogP contribution in [0.2, 0.25) is 0 Å². The molecular formula is C19H30N2O2. The molecule has 1 rings (SSSR count).